The van der Waals surface area contributed by atoms with Crippen LogP contribution < -0.4 is 5.32 Å². The van der Waals surface area contributed by atoms with Crippen LogP contribution in [0.5, 0.6) is 0 Å². The van der Waals surface area contributed by atoms with Crippen LogP contribution in [0.4, 0.5) is 5.95 Å². The van der Waals surface area contributed by atoms with Crippen molar-refractivity contribution >= 4 is 5.95 Å². The largest absolute Gasteiger partial charge is 0.385 e. The third kappa shape index (κ3) is 8.04. The lowest BCUT2D eigenvalue weighted by Crippen LogP contribution is -2.11. The number of unbranched alkanes of at least 4 members (excludes halogenated alkanes) is 1. The summed E-state index contributed by atoms with van der Waals surface area (Å²) in [5.74, 6) is 0.948. The number of anilines is 1. The van der Waals surface area contributed by atoms with Gasteiger partial charge in [0.05, 0.1) is 18.9 Å². The molecule has 0 unspecified atom stereocenters. The zero-order valence-electron chi connectivity index (χ0n) is 13.6. The molecule has 0 saturated heterocycles. The van der Waals surface area contributed by atoms with Gasteiger partial charge in [-0.3, -0.25) is 0 Å². The van der Waals surface area contributed by atoms with Crippen molar-refractivity contribution in [1.82, 2.24) is 9.55 Å². The van der Waals surface area contributed by atoms with E-state index in [0.717, 1.165) is 57.2 Å². The Morgan fingerprint density at radius 1 is 1.05 bits per heavy atom. The quantitative estimate of drug-likeness (QED) is 0.565. The van der Waals surface area contributed by atoms with Crippen LogP contribution >= 0.6 is 0 Å². The summed E-state index contributed by atoms with van der Waals surface area (Å²) in [6, 6.07) is 0. The molecular weight excluding hydrogens is 270 g/mol. The summed E-state index contributed by atoms with van der Waals surface area (Å²) in [7, 11) is 3.41. The summed E-state index contributed by atoms with van der Waals surface area (Å²) >= 11 is 0. The van der Waals surface area contributed by atoms with E-state index >= 15 is 0 Å². The van der Waals surface area contributed by atoms with Gasteiger partial charge in [0.25, 0.3) is 0 Å². The van der Waals surface area contributed by atoms with Gasteiger partial charge in [-0.2, -0.15) is 0 Å². The molecule has 0 aliphatic rings. The molecule has 122 valence electrons. The maximum absolute atomic E-state index is 5.46. The Bertz CT molecular complexity index is 369. The van der Waals surface area contributed by atoms with Crippen LogP contribution in [-0.2, 0) is 20.8 Å². The van der Waals surface area contributed by atoms with Crippen LogP contribution in [0.15, 0.2) is 6.20 Å². The highest BCUT2D eigenvalue weighted by Gasteiger charge is 2.04. The average Bonchev–Trinajstić information content (AvgIpc) is 2.83. The van der Waals surface area contributed by atoms with Crippen molar-refractivity contribution in [3.05, 3.63) is 11.9 Å². The second kappa shape index (κ2) is 11.5. The van der Waals surface area contributed by atoms with Gasteiger partial charge in [0.2, 0.25) is 5.95 Å². The van der Waals surface area contributed by atoms with E-state index in [1.165, 1.54) is 0 Å². The molecule has 1 aromatic heterocycles. The summed E-state index contributed by atoms with van der Waals surface area (Å²) in [5.41, 5.74) is 1.04. The molecule has 0 fully saturated rings. The molecule has 6 nitrogen and oxygen atoms in total. The summed E-state index contributed by atoms with van der Waals surface area (Å²) in [4.78, 5) is 4.51. The van der Waals surface area contributed by atoms with Crippen molar-refractivity contribution in [2.24, 2.45) is 0 Å². The number of aromatic nitrogens is 2. The smallest absolute Gasteiger partial charge is 0.203 e. The number of rotatable bonds is 13. The second-order valence-electron chi connectivity index (χ2n) is 4.98. The van der Waals surface area contributed by atoms with Gasteiger partial charge in [-0.25, -0.2) is 4.98 Å². The fraction of sp³-hybridized carbons (Fsp3) is 0.800. The number of methoxy groups -OCH3 is 2. The van der Waals surface area contributed by atoms with Crippen molar-refractivity contribution in [1.29, 1.82) is 0 Å². The van der Waals surface area contributed by atoms with E-state index in [-0.39, 0.29) is 0 Å². The van der Waals surface area contributed by atoms with Crippen molar-refractivity contribution in [3.63, 3.8) is 0 Å². The molecule has 0 bridgehead atoms. The number of ether oxygens (including phenoxy) is 3. The van der Waals surface area contributed by atoms with Gasteiger partial charge in [0.1, 0.15) is 0 Å². The molecule has 0 radical (unpaired) electrons. The summed E-state index contributed by atoms with van der Waals surface area (Å²) in [5, 5.41) is 3.36. The Morgan fingerprint density at radius 2 is 1.86 bits per heavy atom. The van der Waals surface area contributed by atoms with Crippen molar-refractivity contribution in [2.45, 2.75) is 32.7 Å². The van der Waals surface area contributed by atoms with Crippen LogP contribution in [0.3, 0.4) is 0 Å². The normalized spacial score (nSPS) is 11.0. The molecule has 0 aliphatic carbocycles. The first-order valence-electron chi connectivity index (χ1n) is 7.61. The number of nitrogens with zero attached hydrogens (tertiary/aromatic N) is 2. The molecule has 0 amide bonds. The highest BCUT2D eigenvalue weighted by atomic mass is 16.5. The van der Waals surface area contributed by atoms with Gasteiger partial charge in [-0.15, -0.1) is 0 Å². The summed E-state index contributed by atoms with van der Waals surface area (Å²) < 4.78 is 17.6. The second-order valence-corrected chi connectivity index (χ2v) is 4.98. The zero-order valence-corrected chi connectivity index (χ0v) is 13.6. The van der Waals surface area contributed by atoms with Gasteiger partial charge < -0.3 is 24.1 Å². The molecule has 1 aromatic rings. The molecule has 1 N–H and O–H groups in total. The number of imidazole rings is 1. The van der Waals surface area contributed by atoms with E-state index in [0.29, 0.717) is 13.2 Å². The molecule has 1 rings (SSSR count). The van der Waals surface area contributed by atoms with E-state index in [1.807, 2.05) is 6.92 Å². The maximum Gasteiger partial charge on any atom is 0.203 e. The minimum Gasteiger partial charge on any atom is -0.385 e. The number of aryl methyl sites for hydroxylation is 2. The topological polar surface area (TPSA) is 57.5 Å². The fourth-order valence-electron chi connectivity index (χ4n) is 2.01. The lowest BCUT2D eigenvalue weighted by Gasteiger charge is -2.09. The number of hydrogen-bond acceptors (Lipinski definition) is 5. The van der Waals surface area contributed by atoms with Crippen LogP contribution in [0, 0.1) is 6.92 Å². The number of nitrogens with one attached hydrogen (secondary N) is 1. The van der Waals surface area contributed by atoms with Gasteiger partial charge in [-0.1, -0.05) is 0 Å². The molecule has 0 saturated carbocycles. The molecule has 0 atom stereocenters. The Morgan fingerprint density at radius 3 is 2.62 bits per heavy atom. The highest BCUT2D eigenvalue weighted by Crippen LogP contribution is 2.10. The average molecular weight is 299 g/mol. The molecule has 21 heavy (non-hydrogen) atoms. The lowest BCUT2D eigenvalue weighted by atomic mass is 10.3. The summed E-state index contributed by atoms with van der Waals surface area (Å²) in [6.07, 6.45) is 5.19. The number of hydrogen-bond donors (Lipinski definition) is 1. The van der Waals surface area contributed by atoms with E-state index in [9.17, 15) is 0 Å². The Balaban J connectivity index is 2.21. The predicted molar refractivity (Wildman–Crippen MR) is 83.9 cm³/mol. The van der Waals surface area contributed by atoms with Crippen LogP contribution in [0.2, 0.25) is 0 Å². The molecule has 0 aromatic carbocycles. The van der Waals surface area contributed by atoms with Crippen LogP contribution in [0.1, 0.15) is 25.0 Å². The monoisotopic (exact) mass is 299 g/mol. The predicted octanol–water partition coefficient (Wildman–Crippen LogP) is 2.08. The van der Waals surface area contributed by atoms with Gasteiger partial charge in [0.15, 0.2) is 0 Å². The molecular formula is C15H29N3O3. The van der Waals surface area contributed by atoms with Crippen LogP contribution in [0.25, 0.3) is 0 Å². The first kappa shape index (κ1) is 17.9. The van der Waals surface area contributed by atoms with Crippen molar-refractivity contribution in [3.8, 4) is 0 Å². The van der Waals surface area contributed by atoms with Gasteiger partial charge >= 0.3 is 0 Å². The van der Waals surface area contributed by atoms with Crippen LogP contribution in [-0.4, -0.2) is 56.7 Å². The summed E-state index contributed by atoms with van der Waals surface area (Å²) in [6.45, 7) is 6.75. The van der Waals surface area contributed by atoms with E-state index < -0.39 is 0 Å². The van der Waals surface area contributed by atoms with Crippen molar-refractivity contribution in [2.75, 3.05) is 52.5 Å². The lowest BCUT2D eigenvalue weighted by molar-refractivity contribution is 0.0684. The van der Waals surface area contributed by atoms with E-state index in [2.05, 4.69) is 21.1 Å². The molecule has 0 spiro atoms. The molecule has 1 heterocycles. The third-order valence-electron chi connectivity index (χ3n) is 3.07. The fourth-order valence-corrected chi connectivity index (χ4v) is 2.01. The minimum atomic E-state index is 0.663. The standard InChI is InChI=1S/C15H29N3O3/c1-14-13-18(8-4-5-10-21-12-11-20-3)15(17-14)16-7-6-9-19-2/h13H,4-12H2,1-3H3,(H,16,17). The highest BCUT2D eigenvalue weighted by molar-refractivity contribution is 5.28. The third-order valence-corrected chi connectivity index (χ3v) is 3.07. The maximum atomic E-state index is 5.46. The first-order valence-corrected chi connectivity index (χ1v) is 7.61. The minimum absolute atomic E-state index is 0.663. The molecule has 6 heteroatoms. The van der Waals surface area contributed by atoms with Gasteiger partial charge in [-0.05, 0) is 26.2 Å². The van der Waals surface area contributed by atoms with E-state index in [4.69, 9.17) is 14.2 Å². The zero-order chi connectivity index (χ0) is 15.3. The SMILES string of the molecule is COCCCNc1nc(C)cn1CCCCOCCOC. The Labute approximate surface area is 127 Å². The van der Waals surface area contributed by atoms with Crippen molar-refractivity contribution < 1.29 is 14.2 Å². The molecule has 0 aliphatic heterocycles. The van der Waals surface area contributed by atoms with Gasteiger partial charge in [0, 0.05) is 46.7 Å². The Kier molecular flexibility index (Phi) is 9.86. The van der Waals surface area contributed by atoms with E-state index in [1.54, 1.807) is 14.2 Å². The first-order chi connectivity index (χ1) is 10.3. The Hall–Kier alpha value is -1.11.